The first-order valence-corrected chi connectivity index (χ1v) is 11.1. The highest BCUT2D eigenvalue weighted by Gasteiger charge is 2.35. The Morgan fingerprint density at radius 3 is 2.62 bits per heavy atom. The zero-order valence-corrected chi connectivity index (χ0v) is 19.0. The van der Waals surface area contributed by atoms with Crippen molar-refractivity contribution in [2.75, 3.05) is 11.6 Å². The van der Waals surface area contributed by atoms with Crippen LogP contribution in [0, 0.1) is 12.8 Å². The summed E-state index contributed by atoms with van der Waals surface area (Å²) in [4.78, 5) is 42.4. The number of benzene rings is 2. The van der Waals surface area contributed by atoms with Crippen LogP contribution in [0.15, 0.2) is 69.6 Å². The predicted octanol–water partition coefficient (Wildman–Crippen LogP) is 3.29. The van der Waals surface area contributed by atoms with Crippen LogP contribution in [0.5, 0.6) is 0 Å². The predicted molar refractivity (Wildman–Crippen MR) is 130 cm³/mol. The van der Waals surface area contributed by atoms with Crippen LogP contribution >= 0.6 is 0 Å². The van der Waals surface area contributed by atoms with Gasteiger partial charge in [0.15, 0.2) is 0 Å². The molecular weight excluding hydrogens is 434 g/mol. The minimum Gasteiger partial charge on any atom is -0.466 e. The highest BCUT2D eigenvalue weighted by molar-refractivity contribution is 6.24. The van der Waals surface area contributed by atoms with Gasteiger partial charge in [0.1, 0.15) is 11.7 Å². The number of aryl methyl sites for hydroxylation is 1. The van der Waals surface area contributed by atoms with Crippen LogP contribution in [0.2, 0.25) is 0 Å². The Morgan fingerprint density at radius 2 is 1.85 bits per heavy atom. The van der Waals surface area contributed by atoms with E-state index in [0.717, 1.165) is 0 Å². The molecule has 1 aliphatic heterocycles. The van der Waals surface area contributed by atoms with Gasteiger partial charge in [-0.2, -0.15) is 19.9 Å². The molecule has 1 atom stereocenters. The number of hydrazone groups is 1. The molecule has 0 N–H and O–H groups in total. The molecule has 174 valence electrons. The Balaban J connectivity index is 1.63. The van der Waals surface area contributed by atoms with Crippen molar-refractivity contribution >= 4 is 40.4 Å². The summed E-state index contributed by atoms with van der Waals surface area (Å²) < 4.78 is 6.18. The fraction of sp³-hybridized carbons (Fsp3) is 0.280. The van der Waals surface area contributed by atoms with Crippen LogP contribution < -0.4 is 10.6 Å². The third-order valence-electron chi connectivity index (χ3n) is 5.43. The summed E-state index contributed by atoms with van der Waals surface area (Å²) >= 11 is 0. The van der Waals surface area contributed by atoms with E-state index in [4.69, 9.17) is 4.74 Å². The zero-order chi connectivity index (χ0) is 24.1. The molecule has 0 bridgehead atoms. The van der Waals surface area contributed by atoms with Crippen molar-refractivity contribution in [2.24, 2.45) is 16.1 Å². The lowest BCUT2D eigenvalue weighted by Gasteiger charge is -2.12. The molecule has 34 heavy (non-hydrogen) atoms. The van der Waals surface area contributed by atoms with Gasteiger partial charge in [-0.15, -0.1) is 0 Å². The summed E-state index contributed by atoms with van der Waals surface area (Å²) in [6, 6.07) is 16.1. The molecule has 9 nitrogen and oxygen atoms in total. The van der Waals surface area contributed by atoms with Gasteiger partial charge in [0.25, 0.3) is 11.5 Å². The summed E-state index contributed by atoms with van der Waals surface area (Å²) in [6.45, 7) is 3.77. The minimum atomic E-state index is -0.764. The van der Waals surface area contributed by atoms with Crippen LogP contribution in [-0.4, -0.2) is 40.1 Å². The van der Waals surface area contributed by atoms with Gasteiger partial charge >= 0.3 is 5.97 Å². The van der Waals surface area contributed by atoms with Crippen LogP contribution in [-0.2, 0) is 14.3 Å². The second-order valence-electron chi connectivity index (χ2n) is 7.77. The molecule has 3 aromatic rings. The van der Waals surface area contributed by atoms with Crippen molar-refractivity contribution in [1.82, 2.24) is 9.66 Å². The number of amides is 1. The van der Waals surface area contributed by atoms with Crippen molar-refractivity contribution < 1.29 is 14.3 Å². The number of para-hydroxylation sites is 2. The Hall–Kier alpha value is -4.14. The van der Waals surface area contributed by atoms with Gasteiger partial charge in [0.05, 0.1) is 28.9 Å². The summed E-state index contributed by atoms with van der Waals surface area (Å²) in [6.07, 6.45) is 2.55. The van der Waals surface area contributed by atoms with Crippen molar-refractivity contribution in [3.05, 3.63) is 70.8 Å². The van der Waals surface area contributed by atoms with Gasteiger partial charge in [0, 0.05) is 12.6 Å². The highest BCUT2D eigenvalue weighted by atomic mass is 16.5. The molecule has 0 saturated heterocycles. The number of hydrogen-bond acceptors (Lipinski definition) is 7. The lowest BCUT2D eigenvalue weighted by Crippen LogP contribution is -2.29. The second kappa shape index (κ2) is 10.2. The van der Waals surface area contributed by atoms with E-state index in [1.807, 2.05) is 24.3 Å². The van der Waals surface area contributed by atoms with E-state index in [-0.39, 0.29) is 23.9 Å². The average Bonchev–Trinajstić information content (AvgIpc) is 3.15. The smallest absolute Gasteiger partial charge is 0.305 e. The molecule has 0 fully saturated rings. The molecule has 0 aliphatic carbocycles. The van der Waals surface area contributed by atoms with Gasteiger partial charge in [-0.1, -0.05) is 30.3 Å². The monoisotopic (exact) mass is 459 g/mol. The quantitative estimate of drug-likeness (QED) is 0.380. The van der Waals surface area contributed by atoms with Gasteiger partial charge in [-0.25, -0.2) is 4.98 Å². The van der Waals surface area contributed by atoms with Gasteiger partial charge < -0.3 is 4.74 Å². The van der Waals surface area contributed by atoms with Gasteiger partial charge in [-0.05, 0) is 51.0 Å². The molecule has 1 amide bonds. The van der Waals surface area contributed by atoms with Crippen molar-refractivity contribution in [3.8, 4) is 0 Å². The number of hydrogen-bond donors (Lipinski definition) is 0. The number of esters is 1. The lowest BCUT2D eigenvalue weighted by atomic mass is 10.00. The molecule has 4 rings (SSSR count). The van der Waals surface area contributed by atoms with E-state index in [1.165, 1.54) is 15.9 Å². The number of carbonyl (C=O) groups excluding carboxylic acids is 2. The first-order chi connectivity index (χ1) is 16.5. The van der Waals surface area contributed by atoms with Gasteiger partial charge in [-0.3, -0.25) is 14.4 Å². The number of nitrogens with zero attached hydrogens (tertiary/aromatic N) is 5. The Kier molecular flexibility index (Phi) is 6.91. The molecule has 1 unspecified atom stereocenters. The molecule has 2 aromatic carbocycles. The number of carbonyl (C=O) groups is 2. The third kappa shape index (κ3) is 4.78. The van der Waals surface area contributed by atoms with E-state index >= 15 is 0 Å². The molecule has 0 saturated carbocycles. The van der Waals surface area contributed by atoms with E-state index in [9.17, 15) is 14.4 Å². The maximum absolute atomic E-state index is 13.2. The summed E-state index contributed by atoms with van der Waals surface area (Å²) in [5, 5.41) is 10.6. The standard InChI is InChI=1S/C25H25N5O4/c1-3-34-23(31)15-9-14-22-20(25(33)30(28-22)18-10-5-4-6-11-18)16-26-29-17(2)27-21-13-8-7-12-19(21)24(29)32/h4-8,10-13,16,20H,3,9,14-15H2,1-2H3/b26-16+. The average molecular weight is 460 g/mol. The lowest BCUT2D eigenvalue weighted by molar-refractivity contribution is -0.143. The van der Waals surface area contributed by atoms with E-state index in [1.54, 1.807) is 44.2 Å². The molecule has 1 aromatic heterocycles. The largest absolute Gasteiger partial charge is 0.466 e. The molecule has 1 aliphatic rings. The Labute approximate surface area is 196 Å². The number of anilines is 1. The third-order valence-corrected chi connectivity index (χ3v) is 5.43. The van der Waals surface area contributed by atoms with E-state index in [2.05, 4.69) is 15.2 Å². The maximum Gasteiger partial charge on any atom is 0.305 e. The number of fused-ring (bicyclic) bond motifs is 1. The van der Waals surface area contributed by atoms with Crippen molar-refractivity contribution in [2.45, 2.75) is 33.1 Å². The van der Waals surface area contributed by atoms with Gasteiger partial charge in [0.2, 0.25) is 0 Å². The van der Waals surface area contributed by atoms with Crippen LogP contribution in [0.25, 0.3) is 10.9 Å². The molecule has 0 radical (unpaired) electrons. The number of rotatable bonds is 8. The van der Waals surface area contributed by atoms with Crippen LogP contribution in [0.1, 0.15) is 32.0 Å². The minimum absolute atomic E-state index is 0.226. The topological polar surface area (TPSA) is 106 Å². The first-order valence-electron chi connectivity index (χ1n) is 11.1. The van der Waals surface area contributed by atoms with Crippen LogP contribution in [0.3, 0.4) is 0 Å². The normalized spacial score (nSPS) is 15.8. The SMILES string of the molecule is CCOC(=O)CCCC1=NN(c2ccccc2)C(=O)C1/C=N/n1c(C)nc2ccccc2c1=O. The van der Waals surface area contributed by atoms with Crippen molar-refractivity contribution in [3.63, 3.8) is 0 Å². The van der Waals surface area contributed by atoms with Crippen LogP contribution in [0.4, 0.5) is 5.69 Å². The maximum atomic E-state index is 13.2. The Morgan fingerprint density at radius 1 is 1.12 bits per heavy atom. The molecule has 9 heteroatoms. The zero-order valence-electron chi connectivity index (χ0n) is 19.0. The first kappa shape index (κ1) is 23.0. The fourth-order valence-electron chi connectivity index (χ4n) is 3.77. The summed E-state index contributed by atoms with van der Waals surface area (Å²) in [7, 11) is 0. The molecule has 2 heterocycles. The van der Waals surface area contributed by atoms with E-state index in [0.29, 0.717) is 47.6 Å². The summed E-state index contributed by atoms with van der Waals surface area (Å²) in [5.41, 5.74) is 1.48. The molecule has 0 spiro atoms. The Bertz CT molecular complexity index is 1330. The number of ether oxygens (including phenoxy) is 1. The fourth-order valence-corrected chi connectivity index (χ4v) is 3.77. The highest BCUT2D eigenvalue weighted by Crippen LogP contribution is 2.25. The second-order valence-corrected chi connectivity index (χ2v) is 7.77. The van der Waals surface area contributed by atoms with E-state index < -0.39 is 5.92 Å². The van der Waals surface area contributed by atoms with Crippen molar-refractivity contribution in [1.29, 1.82) is 0 Å². The molecular formula is C25H25N5O4. The summed E-state index contributed by atoms with van der Waals surface area (Å²) in [5.74, 6) is -0.922. The number of aromatic nitrogens is 2.